The summed E-state index contributed by atoms with van der Waals surface area (Å²) >= 11 is 0. The fraction of sp³-hybridized carbons (Fsp3) is 0.421. The second kappa shape index (κ2) is 6.70. The van der Waals surface area contributed by atoms with E-state index in [0.29, 0.717) is 18.7 Å². The second-order valence-corrected chi connectivity index (χ2v) is 7.45. The molecule has 0 saturated carbocycles. The van der Waals surface area contributed by atoms with Crippen molar-refractivity contribution in [3.63, 3.8) is 0 Å². The average molecular weight is 340 g/mol. The Morgan fingerprint density at radius 2 is 2.08 bits per heavy atom. The lowest BCUT2D eigenvalue weighted by atomic mass is 9.94. The lowest BCUT2D eigenvalue weighted by molar-refractivity contribution is -0.143. The van der Waals surface area contributed by atoms with Gasteiger partial charge in [-0.25, -0.2) is 0 Å². The maximum Gasteiger partial charge on any atom is 0.247 e. The number of aromatic nitrogens is 2. The third-order valence-corrected chi connectivity index (χ3v) is 4.40. The molecule has 1 fully saturated rings. The molecule has 6 heteroatoms. The molecule has 1 atom stereocenters. The quantitative estimate of drug-likeness (QED) is 0.901. The molecule has 3 rings (SSSR count). The third-order valence-electron chi connectivity index (χ3n) is 4.40. The number of benzene rings is 1. The molecule has 0 aliphatic carbocycles. The van der Waals surface area contributed by atoms with E-state index in [-0.39, 0.29) is 11.8 Å². The molecule has 0 bridgehead atoms. The van der Waals surface area contributed by atoms with Crippen molar-refractivity contribution >= 4 is 17.5 Å². The van der Waals surface area contributed by atoms with E-state index in [0.717, 1.165) is 17.7 Å². The standard InChI is InChI=1S/C19H24N4O2/c1-19(2,3)18(25)23-11-5-8-16(23)17(24)21-14-7-4-6-13(12-14)15-9-10-20-22-15/h4,6-7,9-10,12,16H,5,8,11H2,1-3H3,(H,20,22)(H,21,24). The molecular formula is C19H24N4O2. The predicted octanol–water partition coefficient (Wildman–Crippen LogP) is 3.05. The number of nitrogens with one attached hydrogen (secondary N) is 2. The number of carbonyl (C=O) groups excluding carboxylic acids is 2. The number of likely N-dealkylation sites (tertiary alicyclic amines) is 1. The van der Waals surface area contributed by atoms with Gasteiger partial charge in [0.1, 0.15) is 6.04 Å². The summed E-state index contributed by atoms with van der Waals surface area (Å²) in [6.45, 7) is 6.30. The Morgan fingerprint density at radius 3 is 2.76 bits per heavy atom. The highest BCUT2D eigenvalue weighted by atomic mass is 16.2. The maximum absolute atomic E-state index is 12.7. The van der Waals surface area contributed by atoms with Crippen LogP contribution in [0.25, 0.3) is 11.3 Å². The minimum Gasteiger partial charge on any atom is -0.330 e. The van der Waals surface area contributed by atoms with Crippen molar-refractivity contribution in [2.24, 2.45) is 5.41 Å². The van der Waals surface area contributed by atoms with Crippen LogP contribution in [0.1, 0.15) is 33.6 Å². The normalized spacial score (nSPS) is 17.6. The molecule has 1 saturated heterocycles. The van der Waals surface area contributed by atoms with Crippen LogP contribution in [0.3, 0.4) is 0 Å². The SMILES string of the molecule is CC(C)(C)C(=O)N1CCCC1C(=O)Nc1cccc(-c2ccn[nH]2)c1. The van der Waals surface area contributed by atoms with E-state index in [9.17, 15) is 9.59 Å². The average Bonchev–Trinajstić information content (AvgIpc) is 3.25. The Hall–Kier alpha value is -2.63. The number of anilines is 1. The third kappa shape index (κ3) is 3.73. The van der Waals surface area contributed by atoms with Gasteiger partial charge in [-0.3, -0.25) is 14.7 Å². The van der Waals surface area contributed by atoms with Crippen LogP contribution in [0.2, 0.25) is 0 Å². The molecule has 2 aromatic rings. The zero-order valence-corrected chi connectivity index (χ0v) is 14.9. The predicted molar refractivity (Wildman–Crippen MR) is 96.8 cm³/mol. The summed E-state index contributed by atoms with van der Waals surface area (Å²) in [5.41, 5.74) is 2.07. The van der Waals surface area contributed by atoms with Crippen molar-refractivity contribution in [1.29, 1.82) is 0 Å². The minimum atomic E-state index is -0.483. The molecule has 132 valence electrons. The van der Waals surface area contributed by atoms with E-state index >= 15 is 0 Å². The van der Waals surface area contributed by atoms with Gasteiger partial charge in [0.25, 0.3) is 0 Å². The largest absolute Gasteiger partial charge is 0.330 e. The molecule has 1 unspecified atom stereocenters. The fourth-order valence-corrected chi connectivity index (χ4v) is 3.12. The van der Waals surface area contributed by atoms with Crippen LogP contribution in [0.5, 0.6) is 0 Å². The van der Waals surface area contributed by atoms with Gasteiger partial charge < -0.3 is 10.2 Å². The van der Waals surface area contributed by atoms with Crippen LogP contribution in [0.4, 0.5) is 5.69 Å². The fourth-order valence-electron chi connectivity index (χ4n) is 3.12. The van der Waals surface area contributed by atoms with Crippen LogP contribution < -0.4 is 5.32 Å². The number of hydrogen-bond donors (Lipinski definition) is 2. The van der Waals surface area contributed by atoms with Crippen molar-refractivity contribution < 1.29 is 9.59 Å². The van der Waals surface area contributed by atoms with Crippen molar-refractivity contribution in [3.8, 4) is 11.3 Å². The number of rotatable bonds is 3. The smallest absolute Gasteiger partial charge is 0.247 e. The van der Waals surface area contributed by atoms with E-state index in [4.69, 9.17) is 0 Å². The lowest BCUT2D eigenvalue weighted by Crippen LogP contribution is -2.47. The zero-order chi connectivity index (χ0) is 18.0. The molecule has 6 nitrogen and oxygen atoms in total. The van der Waals surface area contributed by atoms with Gasteiger partial charge >= 0.3 is 0 Å². The molecule has 2 amide bonds. The number of H-pyrrole nitrogens is 1. The molecule has 1 aromatic carbocycles. The van der Waals surface area contributed by atoms with Crippen LogP contribution in [-0.4, -0.2) is 39.5 Å². The van der Waals surface area contributed by atoms with Gasteiger partial charge in [-0.2, -0.15) is 5.10 Å². The summed E-state index contributed by atoms with van der Waals surface area (Å²) in [6, 6.07) is 9.07. The molecule has 2 N–H and O–H groups in total. The highest BCUT2D eigenvalue weighted by Gasteiger charge is 2.38. The van der Waals surface area contributed by atoms with Gasteiger partial charge in [-0.05, 0) is 31.0 Å². The van der Waals surface area contributed by atoms with Gasteiger partial charge in [-0.15, -0.1) is 0 Å². The number of aromatic amines is 1. The highest BCUT2D eigenvalue weighted by molar-refractivity contribution is 5.98. The number of amides is 2. The van der Waals surface area contributed by atoms with E-state index in [1.807, 2.05) is 51.1 Å². The summed E-state index contributed by atoms with van der Waals surface area (Å²) < 4.78 is 0. The topological polar surface area (TPSA) is 78.1 Å². The monoisotopic (exact) mass is 340 g/mol. The first-order chi connectivity index (χ1) is 11.9. The maximum atomic E-state index is 12.7. The highest BCUT2D eigenvalue weighted by Crippen LogP contribution is 2.27. The second-order valence-electron chi connectivity index (χ2n) is 7.45. The Morgan fingerprint density at radius 1 is 1.28 bits per heavy atom. The van der Waals surface area contributed by atoms with Gasteiger partial charge in [0.15, 0.2) is 0 Å². The first-order valence-corrected chi connectivity index (χ1v) is 8.58. The Bertz CT molecular complexity index is 762. The molecule has 1 aliphatic rings. The summed E-state index contributed by atoms with van der Waals surface area (Å²) in [4.78, 5) is 27.0. The molecule has 0 spiro atoms. The van der Waals surface area contributed by atoms with Crippen LogP contribution in [0, 0.1) is 5.41 Å². The minimum absolute atomic E-state index is 0.0244. The number of carbonyl (C=O) groups is 2. The molecule has 2 heterocycles. The van der Waals surface area contributed by atoms with Gasteiger partial charge in [-0.1, -0.05) is 32.9 Å². The van der Waals surface area contributed by atoms with Crippen LogP contribution in [0.15, 0.2) is 36.5 Å². The molecular weight excluding hydrogens is 316 g/mol. The van der Waals surface area contributed by atoms with Crippen molar-refractivity contribution in [1.82, 2.24) is 15.1 Å². The van der Waals surface area contributed by atoms with Gasteiger partial charge in [0, 0.05) is 29.4 Å². The first kappa shape index (κ1) is 17.2. The van der Waals surface area contributed by atoms with Crippen LogP contribution in [-0.2, 0) is 9.59 Å². The summed E-state index contributed by atoms with van der Waals surface area (Å²) in [6.07, 6.45) is 3.25. The van der Waals surface area contributed by atoms with E-state index in [1.165, 1.54) is 0 Å². The summed E-state index contributed by atoms with van der Waals surface area (Å²) in [5.74, 6) is -0.103. The molecule has 1 aromatic heterocycles. The Kier molecular flexibility index (Phi) is 4.61. The number of hydrogen-bond acceptors (Lipinski definition) is 3. The Balaban J connectivity index is 1.74. The lowest BCUT2D eigenvalue weighted by Gasteiger charge is -2.30. The van der Waals surface area contributed by atoms with Gasteiger partial charge in [0.2, 0.25) is 11.8 Å². The Labute approximate surface area is 147 Å². The van der Waals surface area contributed by atoms with Crippen molar-refractivity contribution in [3.05, 3.63) is 36.5 Å². The molecule has 1 aliphatic heterocycles. The van der Waals surface area contributed by atoms with E-state index < -0.39 is 11.5 Å². The van der Waals surface area contributed by atoms with Crippen molar-refractivity contribution in [2.45, 2.75) is 39.7 Å². The van der Waals surface area contributed by atoms with Gasteiger partial charge in [0.05, 0.1) is 5.69 Å². The summed E-state index contributed by atoms with van der Waals surface area (Å²) in [5, 5.41) is 9.82. The summed E-state index contributed by atoms with van der Waals surface area (Å²) in [7, 11) is 0. The molecule has 0 radical (unpaired) electrons. The van der Waals surface area contributed by atoms with Crippen LogP contribution >= 0.6 is 0 Å². The molecule has 25 heavy (non-hydrogen) atoms. The first-order valence-electron chi connectivity index (χ1n) is 8.58. The van der Waals surface area contributed by atoms with E-state index in [1.54, 1.807) is 11.1 Å². The number of nitrogens with zero attached hydrogens (tertiary/aromatic N) is 2. The zero-order valence-electron chi connectivity index (χ0n) is 14.9. The van der Waals surface area contributed by atoms with Crippen molar-refractivity contribution in [2.75, 3.05) is 11.9 Å². The van der Waals surface area contributed by atoms with E-state index in [2.05, 4.69) is 15.5 Å².